The van der Waals surface area contributed by atoms with Crippen molar-refractivity contribution in [2.75, 3.05) is 19.6 Å². The van der Waals surface area contributed by atoms with Crippen molar-refractivity contribution in [3.63, 3.8) is 0 Å². The molecule has 2 heterocycles. The Labute approximate surface area is 80.7 Å². The third kappa shape index (κ3) is 1.87. The van der Waals surface area contributed by atoms with Gasteiger partial charge in [-0.1, -0.05) is 12.3 Å². The Balaban J connectivity index is 1.88. The van der Waals surface area contributed by atoms with Crippen molar-refractivity contribution in [2.24, 2.45) is 0 Å². The largest absolute Gasteiger partial charge is 0.302 e. The van der Waals surface area contributed by atoms with Gasteiger partial charge in [0, 0.05) is 18.6 Å². The fraction of sp³-hybridized carbons (Fsp3) is 0.818. The van der Waals surface area contributed by atoms with Crippen LogP contribution in [0.1, 0.15) is 25.7 Å². The summed E-state index contributed by atoms with van der Waals surface area (Å²) in [6, 6.07) is 1.44. The van der Waals surface area contributed by atoms with Crippen LogP contribution < -0.4 is 5.32 Å². The SMILES string of the molecule is C#CCNC1CCN2CCCCC12. The van der Waals surface area contributed by atoms with Gasteiger partial charge in [0.05, 0.1) is 6.54 Å². The zero-order valence-electron chi connectivity index (χ0n) is 8.13. The highest BCUT2D eigenvalue weighted by Crippen LogP contribution is 2.26. The highest BCUT2D eigenvalue weighted by molar-refractivity contribution is 4.97. The quantitative estimate of drug-likeness (QED) is 0.630. The summed E-state index contributed by atoms with van der Waals surface area (Å²) < 4.78 is 0. The summed E-state index contributed by atoms with van der Waals surface area (Å²) in [6.07, 6.45) is 10.7. The molecule has 0 spiro atoms. The van der Waals surface area contributed by atoms with E-state index >= 15 is 0 Å². The topological polar surface area (TPSA) is 15.3 Å². The normalized spacial score (nSPS) is 34.1. The number of piperidine rings is 1. The van der Waals surface area contributed by atoms with E-state index in [1.54, 1.807) is 0 Å². The van der Waals surface area contributed by atoms with E-state index in [1.807, 2.05) is 0 Å². The molecule has 2 rings (SSSR count). The van der Waals surface area contributed by atoms with Crippen molar-refractivity contribution in [1.29, 1.82) is 0 Å². The molecule has 2 unspecified atom stereocenters. The van der Waals surface area contributed by atoms with E-state index in [0.29, 0.717) is 6.04 Å². The van der Waals surface area contributed by atoms with Gasteiger partial charge in [0.25, 0.3) is 0 Å². The molecule has 2 aliphatic rings. The number of terminal acetylenes is 1. The Kier molecular flexibility index (Phi) is 2.87. The van der Waals surface area contributed by atoms with E-state index in [0.717, 1.165) is 12.6 Å². The summed E-state index contributed by atoms with van der Waals surface area (Å²) in [5.41, 5.74) is 0. The third-order valence-electron chi connectivity index (χ3n) is 3.32. The maximum absolute atomic E-state index is 5.25. The summed E-state index contributed by atoms with van der Waals surface area (Å²) in [6.45, 7) is 3.31. The zero-order chi connectivity index (χ0) is 9.10. The fourth-order valence-corrected chi connectivity index (χ4v) is 2.68. The van der Waals surface area contributed by atoms with Crippen LogP contribution in [-0.2, 0) is 0 Å². The fourth-order valence-electron chi connectivity index (χ4n) is 2.68. The summed E-state index contributed by atoms with van der Waals surface area (Å²) >= 11 is 0. The molecule has 13 heavy (non-hydrogen) atoms. The molecule has 0 saturated carbocycles. The Bertz CT molecular complexity index is 207. The minimum absolute atomic E-state index is 0.663. The van der Waals surface area contributed by atoms with Crippen LogP contribution in [0.5, 0.6) is 0 Å². The van der Waals surface area contributed by atoms with Crippen molar-refractivity contribution >= 4 is 0 Å². The van der Waals surface area contributed by atoms with Gasteiger partial charge in [-0.2, -0.15) is 0 Å². The van der Waals surface area contributed by atoms with Crippen molar-refractivity contribution in [1.82, 2.24) is 10.2 Å². The average Bonchev–Trinajstić information content (AvgIpc) is 2.58. The maximum Gasteiger partial charge on any atom is 0.0576 e. The summed E-state index contributed by atoms with van der Waals surface area (Å²) in [5.74, 6) is 2.66. The monoisotopic (exact) mass is 178 g/mol. The molecule has 0 amide bonds. The third-order valence-corrected chi connectivity index (χ3v) is 3.32. The van der Waals surface area contributed by atoms with Crippen LogP contribution in [0.2, 0.25) is 0 Å². The Morgan fingerprint density at radius 1 is 1.31 bits per heavy atom. The minimum atomic E-state index is 0.663. The maximum atomic E-state index is 5.25. The molecule has 0 aliphatic carbocycles. The summed E-state index contributed by atoms with van der Waals surface area (Å²) in [4.78, 5) is 2.62. The van der Waals surface area contributed by atoms with Crippen LogP contribution in [0.25, 0.3) is 0 Å². The highest BCUT2D eigenvalue weighted by atomic mass is 15.2. The van der Waals surface area contributed by atoms with Crippen LogP contribution >= 0.6 is 0 Å². The molecule has 0 aromatic rings. The standard InChI is InChI=1S/C11H18N2/c1-2-7-12-10-6-9-13-8-4-3-5-11(10)13/h1,10-12H,3-9H2. The molecule has 2 heteroatoms. The molecular weight excluding hydrogens is 160 g/mol. The highest BCUT2D eigenvalue weighted by Gasteiger charge is 2.34. The number of rotatable bonds is 2. The van der Waals surface area contributed by atoms with Crippen molar-refractivity contribution < 1.29 is 0 Å². The Morgan fingerprint density at radius 3 is 3.08 bits per heavy atom. The van der Waals surface area contributed by atoms with Gasteiger partial charge in [-0.05, 0) is 25.8 Å². The second kappa shape index (κ2) is 4.13. The van der Waals surface area contributed by atoms with Gasteiger partial charge in [-0.3, -0.25) is 4.90 Å². The van der Waals surface area contributed by atoms with Gasteiger partial charge in [0.1, 0.15) is 0 Å². The smallest absolute Gasteiger partial charge is 0.0576 e. The molecule has 1 N–H and O–H groups in total. The van der Waals surface area contributed by atoms with E-state index in [1.165, 1.54) is 38.8 Å². The number of nitrogens with one attached hydrogen (secondary N) is 1. The molecule has 0 aromatic carbocycles. The summed E-state index contributed by atoms with van der Waals surface area (Å²) in [5, 5.41) is 3.45. The Hall–Kier alpha value is -0.520. The van der Waals surface area contributed by atoms with E-state index in [4.69, 9.17) is 6.42 Å². The predicted octanol–water partition coefficient (Wildman–Crippen LogP) is 0.836. The Morgan fingerprint density at radius 2 is 2.23 bits per heavy atom. The molecule has 2 aliphatic heterocycles. The van der Waals surface area contributed by atoms with Gasteiger partial charge in [-0.15, -0.1) is 6.42 Å². The average molecular weight is 178 g/mol. The van der Waals surface area contributed by atoms with Crippen molar-refractivity contribution in [3.05, 3.63) is 0 Å². The molecule has 2 nitrogen and oxygen atoms in total. The van der Waals surface area contributed by atoms with Gasteiger partial charge in [-0.25, -0.2) is 0 Å². The first kappa shape index (κ1) is 9.05. The molecule has 2 atom stereocenters. The lowest BCUT2D eigenvalue weighted by atomic mass is 9.99. The minimum Gasteiger partial charge on any atom is -0.302 e. The van der Waals surface area contributed by atoms with Gasteiger partial charge in [0.15, 0.2) is 0 Å². The lowest BCUT2D eigenvalue weighted by Gasteiger charge is -2.32. The molecule has 2 fully saturated rings. The van der Waals surface area contributed by atoms with Crippen molar-refractivity contribution in [3.8, 4) is 12.3 Å². The molecule has 72 valence electrons. The van der Waals surface area contributed by atoms with E-state index in [2.05, 4.69) is 16.1 Å². The molecule has 2 saturated heterocycles. The van der Waals surface area contributed by atoms with Crippen LogP contribution in [-0.4, -0.2) is 36.6 Å². The first-order chi connectivity index (χ1) is 6.42. The van der Waals surface area contributed by atoms with Gasteiger partial charge >= 0.3 is 0 Å². The lowest BCUT2D eigenvalue weighted by molar-refractivity contribution is 0.182. The number of hydrogen-bond acceptors (Lipinski definition) is 2. The van der Waals surface area contributed by atoms with E-state index in [9.17, 15) is 0 Å². The van der Waals surface area contributed by atoms with Gasteiger partial charge < -0.3 is 5.32 Å². The van der Waals surface area contributed by atoms with Crippen LogP contribution in [0, 0.1) is 12.3 Å². The second-order valence-corrected chi connectivity index (χ2v) is 4.08. The first-order valence-corrected chi connectivity index (χ1v) is 5.32. The van der Waals surface area contributed by atoms with E-state index < -0.39 is 0 Å². The zero-order valence-corrected chi connectivity index (χ0v) is 8.13. The molecule has 0 aromatic heterocycles. The molecule has 0 bridgehead atoms. The first-order valence-electron chi connectivity index (χ1n) is 5.32. The number of nitrogens with zero attached hydrogens (tertiary/aromatic N) is 1. The summed E-state index contributed by atoms with van der Waals surface area (Å²) in [7, 11) is 0. The van der Waals surface area contributed by atoms with Gasteiger partial charge in [0.2, 0.25) is 0 Å². The molecular formula is C11H18N2. The van der Waals surface area contributed by atoms with Crippen molar-refractivity contribution in [2.45, 2.75) is 37.8 Å². The number of hydrogen-bond donors (Lipinski definition) is 1. The predicted molar refractivity (Wildman–Crippen MR) is 54.5 cm³/mol. The van der Waals surface area contributed by atoms with Crippen LogP contribution in [0.15, 0.2) is 0 Å². The second-order valence-electron chi connectivity index (χ2n) is 4.08. The lowest BCUT2D eigenvalue weighted by Crippen LogP contribution is -2.44. The van der Waals surface area contributed by atoms with E-state index in [-0.39, 0.29) is 0 Å². The van der Waals surface area contributed by atoms with Crippen LogP contribution in [0.4, 0.5) is 0 Å². The molecule has 0 radical (unpaired) electrons. The van der Waals surface area contributed by atoms with Crippen LogP contribution in [0.3, 0.4) is 0 Å². The number of fused-ring (bicyclic) bond motifs is 1.